The van der Waals surface area contributed by atoms with Gasteiger partial charge in [-0.15, -0.1) is 17.9 Å². The highest BCUT2D eigenvalue weighted by atomic mass is 35.5. The first-order valence-electron chi connectivity index (χ1n) is 8.15. The van der Waals surface area contributed by atoms with Gasteiger partial charge >= 0.3 is 0 Å². The van der Waals surface area contributed by atoms with Crippen molar-refractivity contribution in [2.45, 2.75) is 39.7 Å². The second kappa shape index (κ2) is 11.4. The van der Waals surface area contributed by atoms with E-state index in [0.29, 0.717) is 0 Å². The highest BCUT2D eigenvalue weighted by Gasteiger charge is 2.15. The van der Waals surface area contributed by atoms with Crippen LogP contribution in [0, 0.1) is 6.92 Å². The molecule has 0 saturated heterocycles. The minimum atomic E-state index is 0.935. The van der Waals surface area contributed by atoms with Crippen LogP contribution in [0.1, 0.15) is 35.8 Å². The number of halogens is 1. The molecular formula is C20H28ClNS. The molecule has 23 heavy (non-hydrogen) atoms. The van der Waals surface area contributed by atoms with Crippen LogP contribution in [0.15, 0.2) is 49.1 Å². The Bertz CT molecular complexity index is 562. The van der Waals surface area contributed by atoms with Gasteiger partial charge in [-0.05, 0) is 38.4 Å². The van der Waals surface area contributed by atoms with Gasteiger partial charge in [0.1, 0.15) is 0 Å². The molecule has 2 heterocycles. The minimum absolute atomic E-state index is 0.935. The molecule has 1 aromatic carbocycles. The lowest BCUT2D eigenvalue weighted by atomic mass is 10.1. The monoisotopic (exact) mass is 349 g/mol. The number of thiophene rings is 1. The maximum Gasteiger partial charge on any atom is 0.0934 e. The van der Waals surface area contributed by atoms with E-state index in [-0.39, 0.29) is 0 Å². The van der Waals surface area contributed by atoms with E-state index in [1.165, 1.54) is 29.0 Å². The molecule has 0 radical (unpaired) electrons. The highest BCUT2D eigenvalue weighted by molar-refractivity contribution is 7.16. The second-order valence-electron chi connectivity index (χ2n) is 5.72. The lowest BCUT2D eigenvalue weighted by Gasteiger charge is -2.21. The Morgan fingerprint density at radius 3 is 2.48 bits per heavy atom. The van der Waals surface area contributed by atoms with Gasteiger partial charge in [0.05, 0.1) is 4.34 Å². The van der Waals surface area contributed by atoms with E-state index < -0.39 is 0 Å². The van der Waals surface area contributed by atoms with Gasteiger partial charge in [0.15, 0.2) is 0 Å². The molecule has 0 unspecified atom stereocenters. The number of fused-ring (bicyclic) bond motifs is 1. The van der Waals surface area contributed by atoms with Crippen LogP contribution in [0.25, 0.3) is 0 Å². The van der Waals surface area contributed by atoms with Crippen LogP contribution in [-0.4, -0.2) is 18.5 Å². The molecule has 126 valence electrons. The number of hydrogen-bond donors (Lipinski definition) is 0. The normalized spacial score (nSPS) is 13.0. The molecular weight excluding hydrogens is 322 g/mol. The van der Waals surface area contributed by atoms with E-state index in [1.807, 2.05) is 24.3 Å². The Labute approximate surface area is 150 Å². The van der Waals surface area contributed by atoms with Crippen molar-refractivity contribution in [1.29, 1.82) is 0 Å². The van der Waals surface area contributed by atoms with Crippen molar-refractivity contribution in [1.82, 2.24) is 4.90 Å². The SMILES string of the molecule is C=CCCC.CN1CCc2cc(Cl)sc2C1.Cc1ccccc1. The number of rotatable bonds is 2. The van der Waals surface area contributed by atoms with Crippen molar-refractivity contribution < 1.29 is 0 Å². The fraction of sp³-hybridized carbons (Fsp3) is 0.400. The van der Waals surface area contributed by atoms with Crippen LogP contribution in [0.4, 0.5) is 0 Å². The maximum absolute atomic E-state index is 5.90. The molecule has 1 aliphatic heterocycles. The second-order valence-corrected chi connectivity index (χ2v) is 7.49. The van der Waals surface area contributed by atoms with E-state index in [9.17, 15) is 0 Å². The number of aryl methyl sites for hydroxylation is 1. The molecule has 1 nitrogen and oxygen atoms in total. The van der Waals surface area contributed by atoms with Gasteiger partial charge in [-0.25, -0.2) is 0 Å². The van der Waals surface area contributed by atoms with E-state index in [1.54, 1.807) is 11.3 Å². The Hall–Kier alpha value is -1.09. The summed E-state index contributed by atoms with van der Waals surface area (Å²) in [6.45, 7) is 10.0. The first kappa shape index (κ1) is 20.0. The van der Waals surface area contributed by atoms with Crippen molar-refractivity contribution >= 4 is 22.9 Å². The zero-order chi connectivity index (χ0) is 17.1. The Morgan fingerprint density at radius 1 is 1.30 bits per heavy atom. The van der Waals surface area contributed by atoms with E-state index >= 15 is 0 Å². The predicted molar refractivity (Wildman–Crippen MR) is 106 cm³/mol. The van der Waals surface area contributed by atoms with Crippen LogP contribution in [0.2, 0.25) is 4.34 Å². The third-order valence-electron chi connectivity index (χ3n) is 3.48. The molecule has 1 aliphatic rings. The average molecular weight is 350 g/mol. The van der Waals surface area contributed by atoms with Gasteiger partial charge in [-0.2, -0.15) is 0 Å². The van der Waals surface area contributed by atoms with Crippen LogP contribution in [0.5, 0.6) is 0 Å². The third kappa shape index (κ3) is 8.36. The molecule has 0 saturated carbocycles. The lowest BCUT2D eigenvalue weighted by Crippen LogP contribution is -2.24. The summed E-state index contributed by atoms with van der Waals surface area (Å²) in [6, 6.07) is 12.4. The molecule has 0 spiro atoms. The molecule has 0 fully saturated rings. The maximum atomic E-state index is 5.90. The van der Waals surface area contributed by atoms with E-state index in [4.69, 9.17) is 11.6 Å². The number of benzene rings is 1. The fourth-order valence-electron chi connectivity index (χ4n) is 2.15. The zero-order valence-electron chi connectivity index (χ0n) is 14.5. The van der Waals surface area contributed by atoms with Gasteiger partial charge in [-0.1, -0.05) is 66.9 Å². The van der Waals surface area contributed by atoms with Gasteiger partial charge < -0.3 is 4.90 Å². The smallest absolute Gasteiger partial charge is 0.0934 e. The summed E-state index contributed by atoms with van der Waals surface area (Å²) in [6.07, 6.45) is 5.47. The number of allylic oxidation sites excluding steroid dienone is 1. The van der Waals surface area contributed by atoms with Crippen molar-refractivity contribution in [3.8, 4) is 0 Å². The van der Waals surface area contributed by atoms with Crippen LogP contribution in [0.3, 0.4) is 0 Å². The minimum Gasteiger partial charge on any atom is -0.301 e. The Kier molecular flexibility index (Phi) is 9.93. The van der Waals surface area contributed by atoms with Crippen molar-refractivity contribution in [3.63, 3.8) is 0 Å². The van der Waals surface area contributed by atoms with Gasteiger partial charge in [0.2, 0.25) is 0 Å². The number of unbranched alkanes of at least 4 members (excludes halogenated alkanes) is 1. The topological polar surface area (TPSA) is 3.24 Å². The molecule has 0 aliphatic carbocycles. The number of likely N-dealkylation sites (N-methyl/N-ethyl adjacent to an activating group) is 1. The molecule has 0 N–H and O–H groups in total. The summed E-state index contributed by atoms with van der Waals surface area (Å²) in [5, 5.41) is 0. The van der Waals surface area contributed by atoms with Gasteiger partial charge in [0.25, 0.3) is 0 Å². The van der Waals surface area contributed by atoms with Crippen LogP contribution < -0.4 is 0 Å². The van der Waals surface area contributed by atoms with E-state index in [0.717, 1.165) is 23.7 Å². The molecule has 0 amide bonds. The van der Waals surface area contributed by atoms with Crippen molar-refractivity contribution in [3.05, 3.63) is 69.4 Å². The lowest BCUT2D eigenvalue weighted by molar-refractivity contribution is 0.317. The predicted octanol–water partition coefficient (Wildman–Crippen LogP) is 6.36. The molecule has 1 aromatic heterocycles. The van der Waals surface area contributed by atoms with Gasteiger partial charge in [-0.3, -0.25) is 0 Å². The molecule has 0 bridgehead atoms. The zero-order valence-corrected chi connectivity index (χ0v) is 16.1. The standard InChI is InChI=1S/C8H10ClNS.C7H8.C5H10/c1-10-3-2-6-4-8(9)11-7(6)5-10;1-7-5-3-2-4-6-7;1-3-5-4-2/h4H,2-3,5H2,1H3;2-6H,1H3;3H,1,4-5H2,2H3. The first-order valence-corrected chi connectivity index (χ1v) is 9.34. The van der Waals surface area contributed by atoms with Crippen molar-refractivity contribution in [2.24, 2.45) is 0 Å². The number of hydrogen-bond acceptors (Lipinski definition) is 2. The van der Waals surface area contributed by atoms with Crippen molar-refractivity contribution in [2.75, 3.05) is 13.6 Å². The molecule has 0 atom stereocenters. The Morgan fingerprint density at radius 2 is 2.00 bits per heavy atom. The Balaban J connectivity index is 0.000000191. The quantitative estimate of drug-likeness (QED) is 0.570. The van der Waals surface area contributed by atoms with Gasteiger partial charge in [0, 0.05) is 18.0 Å². The molecule has 2 aromatic rings. The first-order chi connectivity index (χ1) is 11.1. The summed E-state index contributed by atoms with van der Waals surface area (Å²) >= 11 is 7.62. The summed E-state index contributed by atoms with van der Waals surface area (Å²) < 4.78 is 0.935. The van der Waals surface area contributed by atoms with Crippen LogP contribution in [-0.2, 0) is 13.0 Å². The fourth-order valence-corrected chi connectivity index (χ4v) is 3.57. The largest absolute Gasteiger partial charge is 0.301 e. The van der Waals surface area contributed by atoms with E-state index in [2.05, 4.69) is 50.6 Å². The summed E-state index contributed by atoms with van der Waals surface area (Å²) in [4.78, 5) is 3.78. The summed E-state index contributed by atoms with van der Waals surface area (Å²) in [7, 11) is 2.15. The summed E-state index contributed by atoms with van der Waals surface area (Å²) in [5.74, 6) is 0. The number of nitrogens with zero attached hydrogens (tertiary/aromatic N) is 1. The third-order valence-corrected chi connectivity index (χ3v) is 4.77. The molecule has 3 heteroatoms. The average Bonchev–Trinajstić information content (AvgIpc) is 2.89. The summed E-state index contributed by atoms with van der Waals surface area (Å²) in [5.41, 5.74) is 2.78. The molecule has 3 rings (SSSR count). The van der Waals surface area contributed by atoms with Crippen LogP contribution >= 0.6 is 22.9 Å². The highest BCUT2D eigenvalue weighted by Crippen LogP contribution is 2.30.